The second kappa shape index (κ2) is 9.33. The Hall–Kier alpha value is -1.92. The first-order valence-corrected chi connectivity index (χ1v) is 10.6. The Morgan fingerprint density at radius 3 is 2.81 bits per heavy atom. The molecule has 0 aliphatic carbocycles. The third kappa shape index (κ3) is 5.78. The zero-order chi connectivity index (χ0) is 19.2. The maximum atomic E-state index is 12.4. The Balaban J connectivity index is 1.47. The molecule has 0 bridgehead atoms. The molecule has 1 N–H and O–H groups in total. The van der Waals surface area contributed by atoms with Crippen molar-refractivity contribution in [1.82, 2.24) is 15.2 Å². The standard InChI is InChI=1S/C21H29N3O2S/c1-15(2)12-24-10-4-5-19(24)11-22-21(25)17-6-8-20(9-7-17)26-13-18-14-27-16(3)23-18/h6-9,14-15,19H,4-5,10-13H2,1-3H3,(H,22,25)/t19-/m1/s1. The average molecular weight is 388 g/mol. The van der Waals surface area contributed by atoms with Crippen LogP contribution in [0.15, 0.2) is 29.6 Å². The number of amides is 1. The number of aryl methyl sites for hydroxylation is 1. The van der Waals surface area contributed by atoms with Gasteiger partial charge in [0, 0.05) is 30.1 Å². The Morgan fingerprint density at radius 2 is 2.15 bits per heavy atom. The number of benzene rings is 1. The van der Waals surface area contributed by atoms with E-state index in [0.717, 1.165) is 36.0 Å². The van der Waals surface area contributed by atoms with Gasteiger partial charge in [0.15, 0.2) is 0 Å². The highest BCUT2D eigenvalue weighted by Crippen LogP contribution is 2.19. The van der Waals surface area contributed by atoms with E-state index in [1.54, 1.807) is 11.3 Å². The van der Waals surface area contributed by atoms with Gasteiger partial charge >= 0.3 is 0 Å². The summed E-state index contributed by atoms with van der Waals surface area (Å²) in [4.78, 5) is 19.3. The lowest BCUT2D eigenvalue weighted by Gasteiger charge is -2.26. The van der Waals surface area contributed by atoms with Crippen molar-refractivity contribution in [1.29, 1.82) is 0 Å². The number of carbonyl (C=O) groups excluding carboxylic acids is 1. The molecule has 1 aliphatic heterocycles. The van der Waals surface area contributed by atoms with Gasteiger partial charge in [0.25, 0.3) is 5.91 Å². The maximum Gasteiger partial charge on any atom is 0.251 e. The minimum atomic E-state index is -0.0203. The molecule has 6 heteroatoms. The van der Waals surface area contributed by atoms with Crippen LogP contribution < -0.4 is 10.1 Å². The molecule has 1 aromatic heterocycles. The minimum Gasteiger partial charge on any atom is -0.487 e. The van der Waals surface area contributed by atoms with Crippen molar-refractivity contribution in [2.75, 3.05) is 19.6 Å². The van der Waals surface area contributed by atoms with Gasteiger partial charge in [-0.15, -0.1) is 11.3 Å². The van der Waals surface area contributed by atoms with Crippen LogP contribution in [-0.2, 0) is 6.61 Å². The molecule has 146 valence electrons. The Bertz CT molecular complexity index is 742. The summed E-state index contributed by atoms with van der Waals surface area (Å²) >= 11 is 1.62. The van der Waals surface area contributed by atoms with Gasteiger partial charge in [0.1, 0.15) is 12.4 Å². The van der Waals surface area contributed by atoms with Crippen molar-refractivity contribution >= 4 is 17.2 Å². The summed E-state index contributed by atoms with van der Waals surface area (Å²) in [6.07, 6.45) is 2.38. The van der Waals surface area contributed by atoms with Crippen molar-refractivity contribution in [2.45, 2.75) is 46.3 Å². The second-order valence-corrected chi connectivity index (χ2v) is 8.63. The van der Waals surface area contributed by atoms with Crippen LogP contribution in [0.2, 0.25) is 0 Å². The molecule has 1 atom stereocenters. The number of likely N-dealkylation sites (tertiary alicyclic amines) is 1. The molecule has 0 saturated carbocycles. The molecule has 5 nitrogen and oxygen atoms in total. The molecule has 1 aromatic carbocycles. The van der Waals surface area contributed by atoms with E-state index in [1.165, 1.54) is 6.42 Å². The van der Waals surface area contributed by atoms with Crippen molar-refractivity contribution in [2.24, 2.45) is 5.92 Å². The predicted octanol–water partition coefficient (Wildman–Crippen LogP) is 3.88. The smallest absolute Gasteiger partial charge is 0.251 e. The van der Waals surface area contributed by atoms with E-state index in [9.17, 15) is 4.79 Å². The second-order valence-electron chi connectivity index (χ2n) is 7.57. The SMILES string of the molecule is Cc1nc(COc2ccc(C(=O)NC[C@H]3CCCN3CC(C)C)cc2)cs1. The predicted molar refractivity (Wildman–Crippen MR) is 109 cm³/mol. The number of nitrogens with zero attached hydrogens (tertiary/aromatic N) is 2. The first-order valence-electron chi connectivity index (χ1n) is 9.67. The summed E-state index contributed by atoms with van der Waals surface area (Å²) < 4.78 is 5.74. The van der Waals surface area contributed by atoms with E-state index in [2.05, 4.69) is 29.0 Å². The van der Waals surface area contributed by atoms with Crippen LogP contribution in [0.25, 0.3) is 0 Å². The largest absolute Gasteiger partial charge is 0.487 e. The molecule has 1 fully saturated rings. The van der Waals surface area contributed by atoms with Crippen LogP contribution in [0.5, 0.6) is 5.75 Å². The van der Waals surface area contributed by atoms with Gasteiger partial charge in [0.05, 0.1) is 10.7 Å². The summed E-state index contributed by atoms with van der Waals surface area (Å²) in [6, 6.07) is 7.78. The van der Waals surface area contributed by atoms with Crippen LogP contribution in [-0.4, -0.2) is 41.5 Å². The number of hydrogen-bond donors (Lipinski definition) is 1. The lowest BCUT2D eigenvalue weighted by atomic mass is 10.1. The molecule has 1 aliphatic rings. The summed E-state index contributed by atoms with van der Waals surface area (Å²) in [6.45, 7) is 9.88. The van der Waals surface area contributed by atoms with Gasteiger partial charge < -0.3 is 10.1 Å². The average Bonchev–Trinajstić information content (AvgIpc) is 3.26. The van der Waals surface area contributed by atoms with Crippen LogP contribution >= 0.6 is 11.3 Å². The Kier molecular flexibility index (Phi) is 6.85. The van der Waals surface area contributed by atoms with E-state index in [0.29, 0.717) is 30.7 Å². The van der Waals surface area contributed by atoms with E-state index in [4.69, 9.17) is 4.74 Å². The van der Waals surface area contributed by atoms with Gasteiger partial charge in [0.2, 0.25) is 0 Å². The molecule has 0 unspecified atom stereocenters. The molecule has 1 amide bonds. The molecule has 3 rings (SSSR count). The zero-order valence-corrected chi connectivity index (χ0v) is 17.2. The normalized spacial score (nSPS) is 17.4. The third-order valence-corrected chi connectivity index (χ3v) is 5.59. The lowest BCUT2D eigenvalue weighted by molar-refractivity contribution is 0.0939. The number of rotatable bonds is 8. The van der Waals surface area contributed by atoms with Crippen molar-refractivity contribution < 1.29 is 9.53 Å². The molecule has 0 radical (unpaired) electrons. The van der Waals surface area contributed by atoms with Crippen molar-refractivity contribution in [3.05, 3.63) is 45.9 Å². The monoisotopic (exact) mass is 387 g/mol. The van der Waals surface area contributed by atoms with Gasteiger partial charge in [-0.05, 0) is 56.5 Å². The molecule has 2 aromatic rings. The van der Waals surface area contributed by atoms with E-state index >= 15 is 0 Å². The Morgan fingerprint density at radius 1 is 1.37 bits per heavy atom. The first-order chi connectivity index (χ1) is 13.0. The summed E-state index contributed by atoms with van der Waals surface area (Å²) in [7, 11) is 0. The van der Waals surface area contributed by atoms with Crippen molar-refractivity contribution in [3.63, 3.8) is 0 Å². The molecule has 27 heavy (non-hydrogen) atoms. The van der Waals surface area contributed by atoms with E-state index < -0.39 is 0 Å². The number of hydrogen-bond acceptors (Lipinski definition) is 5. The summed E-state index contributed by atoms with van der Waals surface area (Å²) in [5, 5.41) is 6.13. The first kappa shape index (κ1) is 19.8. The van der Waals surface area contributed by atoms with Gasteiger partial charge in [-0.2, -0.15) is 0 Å². The molecular weight excluding hydrogens is 358 g/mol. The topological polar surface area (TPSA) is 54.5 Å². The van der Waals surface area contributed by atoms with Crippen LogP contribution in [0.3, 0.4) is 0 Å². The number of carbonyl (C=O) groups is 1. The highest BCUT2D eigenvalue weighted by molar-refractivity contribution is 7.09. The number of nitrogens with one attached hydrogen (secondary N) is 1. The summed E-state index contributed by atoms with van der Waals surface area (Å²) in [5.74, 6) is 1.38. The summed E-state index contributed by atoms with van der Waals surface area (Å²) in [5.41, 5.74) is 1.60. The number of thiazole rings is 1. The van der Waals surface area contributed by atoms with E-state index in [-0.39, 0.29) is 5.91 Å². The van der Waals surface area contributed by atoms with E-state index in [1.807, 2.05) is 36.6 Å². The number of aromatic nitrogens is 1. The highest BCUT2D eigenvalue weighted by atomic mass is 32.1. The third-order valence-electron chi connectivity index (χ3n) is 4.77. The fourth-order valence-corrected chi connectivity index (χ4v) is 4.08. The van der Waals surface area contributed by atoms with Crippen LogP contribution in [0.4, 0.5) is 0 Å². The van der Waals surface area contributed by atoms with Gasteiger partial charge in [-0.1, -0.05) is 13.8 Å². The van der Waals surface area contributed by atoms with Gasteiger partial charge in [-0.3, -0.25) is 9.69 Å². The molecule has 2 heterocycles. The lowest BCUT2D eigenvalue weighted by Crippen LogP contribution is -2.41. The van der Waals surface area contributed by atoms with Gasteiger partial charge in [-0.25, -0.2) is 4.98 Å². The fraction of sp³-hybridized carbons (Fsp3) is 0.524. The zero-order valence-electron chi connectivity index (χ0n) is 16.4. The molecule has 1 saturated heterocycles. The van der Waals surface area contributed by atoms with Crippen LogP contribution in [0.1, 0.15) is 47.7 Å². The van der Waals surface area contributed by atoms with Crippen LogP contribution in [0, 0.1) is 12.8 Å². The Labute approximate surface area is 165 Å². The molecule has 0 spiro atoms. The van der Waals surface area contributed by atoms with Crippen molar-refractivity contribution in [3.8, 4) is 5.75 Å². The quantitative estimate of drug-likeness (QED) is 0.747. The number of ether oxygens (including phenoxy) is 1. The minimum absolute atomic E-state index is 0.0203. The fourth-order valence-electron chi connectivity index (χ4n) is 3.48. The molecular formula is C21H29N3O2S. The highest BCUT2D eigenvalue weighted by Gasteiger charge is 2.25. The maximum absolute atomic E-state index is 12.4.